The second-order valence-electron chi connectivity index (χ2n) is 8.53. The summed E-state index contributed by atoms with van der Waals surface area (Å²) in [4.78, 5) is 0. The zero-order chi connectivity index (χ0) is 19.6. The molecule has 2 heteroatoms. The van der Waals surface area contributed by atoms with Crippen LogP contribution in [-0.4, -0.2) is 8.32 Å². The first kappa shape index (κ1) is 18.8. The largest absolute Gasteiger partial charge is 0.534 e. The fourth-order valence-corrected chi connectivity index (χ4v) is 8.81. The molecule has 3 aromatic rings. The van der Waals surface area contributed by atoms with Crippen LogP contribution in [0.1, 0.15) is 38.3 Å². The lowest BCUT2D eigenvalue weighted by Crippen LogP contribution is -2.68. The summed E-state index contributed by atoms with van der Waals surface area (Å²) in [6.45, 7) is 6.98. The van der Waals surface area contributed by atoms with Gasteiger partial charge in [0, 0.05) is 5.56 Å². The summed E-state index contributed by atoms with van der Waals surface area (Å²) >= 11 is 0. The molecule has 0 spiro atoms. The Bertz CT molecular complexity index is 929. The molecule has 0 aliphatic heterocycles. The molecule has 3 aromatic carbocycles. The highest BCUT2D eigenvalue weighted by Crippen LogP contribution is 2.39. The predicted molar refractivity (Wildman–Crippen MR) is 122 cm³/mol. The molecular weight excluding hydrogens is 356 g/mol. The predicted octanol–water partition coefficient (Wildman–Crippen LogP) is 5.58. The minimum absolute atomic E-state index is 0.0249. The third kappa shape index (κ3) is 3.22. The first-order valence-corrected chi connectivity index (χ1v) is 12.0. The Kier molecular flexibility index (Phi) is 4.99. The van der Waals surface area contributed by atoms with Crippen molar-refractivity contribution in [2.45, 2.75) is 38.7 Å². The molecule has 1 aliphatic carbocycles. The molecule has 0 fully saturated rings. The van der Waals surface area contributed by atoms with Crippen molar-refractivity contribution < 1.29 is 4.43 Å². The number of hydrogen-bond acceptors (Lipinski definition) is 1. The van der Waals surface area contributed by atoms with E-state index >= 15 is 0 Å². The highest BCUT2D eigenvalue weighted by molar-refractivity contribution is 7.00. The van der Waals surface area contributed by atoms with Crippen molar-refractivity contribution in [1.82, 2.24) is 0 Å². The average molecular weight is 385 g/mol. The smallest absolute Gasteiger partial charge is 0.319 e. The van der Waals surface area contributed by atoms with Crippen LogP contribution in [0.4, 0.5) is 0 Å². The van der Waals surface area contributed by atoms with E-state index in [2.05, 4.69) is 112 Å². The van der Waals surface area contributed by atoms with E-state index in [-0.39, 0.29) is 5.04 Å². The fourth-order valence-electron chi connectivity index (χ4n) is 4.35. The van der Waals surface area contributed by atoms with Crippen molar-refractivity contribution in [3.63, 3.8) is 0 Å². The van der Waals surface area contributed by atoms with Gasteiger partial charge in [-0.2, -0.15) is 0 Å². The summed E-state index contributed by atoms with van der Waals surface area (Å²) in [6, 6.07) is 28.2. The van der Waals surface area contributed by atoms with Crippen LogP contribution in [-0.2, 0) is 6.42 Å². The molecule has 0 atom stereocenters. The molecule has 4 rings (SSSR count). The lowest BCUT2D eigenvalue weighted by Gasteiger charge is -2.43. The molecule has 0 unspecified atom stereocenters. The molecule has 28 heavy (non-hydrogen) atoms. The van der Waals surface area contributed by atoms with Crippen molar-refractivity contribution >= 4 is 24.8 Å². The van der Waals surface area contributed by atoms with Crippen molar-refractivity contribution in [3.8, 4) is 5.75 Å². The van der Waals surface area contributed by atoms with Gasteiger partial charge in [-0.1, -0.05) is 106 Å². The molecule has 1 aliphatic rings. The van der Waals surface area contributed by atoms with Gasteiger partial charge in [0.15, 0.2) is 0 Å². The number of hydrogen-bond donors (Lipinski definition) is 0. The Morgan fingerprint density at radius 3 is 1.93 bits per heavy atom. The molecule has 0 amide bonds. The van der Waals surface area contributed by atoms with Crippen LogP contribution < -0.4 is 14.8 Å². The average Bonchev–Trinajstić information content (AvgIpc) is 2.72. The fraction of sp³-hybridized carbons (Fsp3) is 0.231. The second-order valence-corrected chi connectivity index (χ2v) is 12.8. The minimum Gasteiger partial charge on any atom is -0.534 e. The van der Waals surface area contributed by atoms with Gasteiger partial charge in [-0.25, -0.2) is 0 Å². The van der Waals surface area contributed by atoms with E-state index in [1.807, 2.05) is 0 Å². The van der Waals surface area contributed by atoms with Gasteiger partial charge in [0.05, 0.1) is 0 Å². The van der Waals surface area contributed by atoms with Crippen molar-refractivity contribution in [2.24, 2.45) is 0 Å². The van der Waals surface area contributed by atoms with E-state index in [9.17, 15) is 0 Å². The van der Waals surface area contributed by atoms with Gasteiger partial charge in [-0.3, -0.25) is 0 Å². The molecule has 1 nitrogen and oxygen atoms in total. The van der Waals surface area contributed by atoms with E-state index in [4.69, 9.17) is 4.43 Å². The van der Waals surface area contributed by atoms with Crippen LogP contribution in [0.3, 0.4) is 0 Å². The maximum Gasteiger partial charge on any atom is 0.319 e. The summed E-state index contributed by atoms with van der Waals surface area (Å²) < 4.78 is 7.24. The van der Waals surface area contributed by atoms with Crippen LogP contribution >= 0.6 is 0 Å². The monoisotopic (exact) mass is 384 g/mol. The summed E-state index contributed by atoms with van der Waals surface area (Å²) in [7, 11) is -2.57. The summed E-state index contributed by atoms with van der Waals surface area (Å²) in [5, 5.41) is 2.61. The van der Waals surface area contributed by atoms with Crippen LogP contribution in [0.2, 0.25) is 5.04 Å². The summed E-state index contributed by atoms with van der Waals surface area (Å²) in [6.07, 6.45) is 6.61. The van der Waals surface area contributed by atoms with Crippen LogP contribution in [0.15, 0.2) is 84.9 Å². The summed E-state index contributed by atoms with van der Waals surface area (Å²) in [5.41, 5.74) is 2.64. The molecule has 0 saturated carbocycles. The molecular formula is C26H28OSi. The van der Waals surface area contributed by atoms with Gasteiger partial charge in [-0.05, 0) is 39.9 Å². The Morgan fingerprint density at radius 2 is 1.36 bits per heavy atom. The maximum atomic E-state index is 7.24. The molecule has 0 aromatic heterocycles. The molecule has 0 saturated heterocycles. The van der Waals surface area contributed by atoms with Crippen LogP contribution in [0, 0.1) is 0 Å². The van der Waals surface area contributed by atoms with Crippen molar-refractivity contribution in [1.29, 1.82) is 0 Å². The van der Waals surface area contributed by atoms with Crippen molar-refractivity contribution in [3.05, 3.63) is 96.1 Å². The molecule has 0 N–H and O–H groups in total. The number of rotatable bonds is 4. The van der Waals surface area contributed by atoms with E-state index in [0.717, 1.165) is 18.6 Å². The van der Waals surface area contributed by atoms with E-state index < -0.39 is 8.32 Å². The topological polar surface area (TPSA) is 9.23 Å². The third-order valence-electron chi connectivity index (χ3n) is 5.71. The number of benzene rings is 3. The van der Waals surface area contributed by atoms with Gasteiger partial charge in [-0.15, -0.1) is 0 Å². The van der Waals surface area contributed by atoms with Crippen LogP contribution in [0.5, 0.6) is 5.75 Å². The van der Waals surface area contributed by atoms with E-state index in [1.165, 1.54) is 21.5 Å². The summed E-state index contributed by atoms with van der Waals surface area (Å²) in [5.74, 6) is 1.05. The Labute approximate surface area is 169 Å². The van der Waals surface area contributed by atoms with Gasteiger partial charge in [0.25, 0.3) is 0 Å². The van der Waals surface area contributed by atoms with Gasteiger partial charge < -0.3 is 4.43 Å². The second kappa shape index (κ2) is 7.44. The molecule has 142 valence electrons. The Balaban J connectivity index is 1.96. The number of allylic oxidation sites excluding steroid dienone is 1. The van der Waals surface area contributed by atoms with E-state index in [0.29, 0.717) is 0 Å². The zero-order valence-electron chi connectivity index (χ0n) is 17.0. The van der Waals surface area contributed by atoms with Gasteiger partial charge >= 0.3 is 8.32 Å². The maximum absolute atomic E-state index is 7.24. The first-order valence-electron chi connectivity index (χ1n) is 10.1. The number of fused-ring (bicyclic) bond motifs is 1. The molecule has 0 radical (unpaired) electrons. The quantitative estimate of drug-likeness (QED) is 0.533. The van der Waals surface area contributed by atoms with Crippen molar-refractivity contribution in [2.75, 3.05) is 0 Å². The lowest BCUT2D eigenvalue weighted by molar-refractivity contribution is 0.502. The minimum atomic E-state index is -2.57. The Hall–Kier alpha value is -2.58. The zero-order valence-corrected chi connectivity index (χ0v) is 18.0. The normalized spacial score (nSPS) is 13.8. The SMILES string of the molecule is CC(C)(C)[Si](Oc1cccc2c1CCC=C2)(c1ccccc1)c1ccccc1. The van der Waals surface area contributed by atoms with Gasteiger partial charge in [0.2, 0.25) is 0 Å². The van der Waals surface area contributed by atoms with Gasteiger partial charge in [0.1, 0.15) is 5.75 Å². The first-order chi connectivity index (χ1) is 13.5. The molecule has 0 heterocycles. The third-order valence-corrected chi connectivity index (χ3v) is 10.6. The Morgan fingerprint density at radius 1 is 0.750 bits per heavy atom. The highest BCUT2D eigenvalue weighted by atomic mass is 28.4. The van der Waals surface area contributed by atoms with Crippen LogP contribution in [0.25, 0.3) is 6.08 Å². The highest BCUT2D eigenvalue weighted by Gasteiger charge is 2.52. The van der Waals surface area contributed by atoms with E-state index in [1.54, 1.807) is 0 Å². The molecule has 0 bridgehead atoms. The lowest BCUT2D eigenvalue weighted by atomic mass is 9.97. The standard InChI is InChI=1S/C26H28OSi/c1-26(2,3)28(22-15-6-4-7-16-22,23-17-8-5-9-18-23)27-25-20-12-14-21-13-10-11-19-24(21)25/h4-10,12-18,20H,11,19H2,1-3H3.